The molecule has 0 aliphatic rings. The van der Waals surface area contributed by atoms with E-state index in [1.165, 1.54) is 0 Å². The molecule has 0 radical (unpaired) electrons. The van der Waals surface area contributed by atoms with Gasteiger partial charge in [0, 0.05) is 17.8 Å². The molecule has 0 spiro atoms. The third kappa shape index (κ3) is 2.73. The summed E-state index contributed by atoms with van der Waals surface area (Å²) in [6.45, 7) is 7.18. The normalized spacial score (nSPS) is 11.9. The number of imidazole rings is 1. The van der Waals surface area contributed by atoms with Gasteiger partial charge in [-0.05, 0) is 32.9 Å². The maximum atomic E-state index is 5.26. The molecule has 0 saturated heterocycles. The van der Waals surface area contributed by atoms with Crippen LogP contribution in [0.1, 0.15) is 26.5 Å². The summed E-state index contributed by atoms with van der Waals surface area (Å²) >= 11 is 0. The molecule has 2 N–H and O–H groups in total. The molecule has 4 heteroatoms. The van der Waals surface area contributed by atoms with Crippen LogP contribution in [0.5, 0.6) is 0 Å². The van der Waals surface area contributed by atoms with Crippen molar-refractivity contribution < 1.29 is 4.42 Å². The lowest BCUT2D eigenvalue weighted by Crippen LogP contribution is -2.35. The summed E-state index contributed by atoms with van der Waals surface area (Å²) in [5.74, 6) is 1.54. The highest BCUT2D eigenvalue weighted by Gasteiger charge is 2.10. The lowest BCUT2D eigenvalue weighted by Gasteiger charge is -2.19. The molecule has 2 aromatic heterocycles. The molecule has 0 atom stereocenters. The Kier molecular flexibility index (Phi) is 2.83. The quantitative estimate of drug-likeness (QED) is 0.834. The van der Waals surface area contributed by atoms with Gasteiger partial charge in [-0.2, -0.15) is 0 Å². The summed E-state index contributed by atoms with van der Waals surface area (Å²) in [6, 6.07) is 3.74. The third-order valence-corrected chi connectivity index (χ3v) is 2.19. The van der Waals surface area contributed by atoms with Gasteiger partial charge >= 0.3 is 0 Å². The van der Waals surface area contributed by atoms with E-state index in [-0.39, 0.29) is 5.54 Å². The van der Waals surface area contributed by atoms with E-state index in [2.05, 4.69) is 36.1 Å². The Morgan fingerprint density at radius 2 is 2.25 bits per heavy atom. The number of nitrogens with zero attached hydrogens (tertiary/aromatic N) is 1. The van der Waals surface area contributed by atoms with Crippen LogP contribution in [0.15, 0.2) is 29.0 Å². The maximum Gasteiger partial charge on any atom is 0.173 e. The smallest absolute Gasteiger partial charge is 0.173 e. The Labute approximate surface area is 95.1 Å². The highest BCUT2D eigenvalue weighted by molar-refractivity contribution is 5.46. The van der Waals surface area contributed by atoms with Gasteiger partial charge in [0.15, 0.2) is 11.6 Å². The molecule has 86 valence electrons. The third-order valence-electron chi connectivity index (χ3n) is 2.19. The number of rotatable bonds is 3. The fourth-order valence-corrected chi connectivity index (χ4v) is 1.35. The summed E-state index contributed by atoms with van der Waals surface area (Å²) in [7, 11) is 0. The van der Waals surface area contributed by atoms with Crippen molar-refractivity contribution in [3.05, 3.63) is 30.3 Å². The van der Waals surface area contributed by atoms with Crippen LogP contribution >= 0.6 is 0 Å². The van der Waals surface area contributed by atoms with E-state index in [1.54, 1.807) is 6.26 Å². The SMILES string of the molecule is CC(C)(C)NCc1cnc(-c2ccco2)[nH]1. The predicted molar refractivity (Wildman–Crippen MR) is 62.9 cm³/mol. The molecule has 2 rings (SSSR count). The Morgan fingerprint density at radius 1 is 1.44 bits per heavy atom. The van der Waals surface area contributed by atoms with Crippen molar-refractivity contribution in [1.29, 1.82) is 0 Å². The molecule has 0 aromatic carbocycles. The standard InChI is InChI=1S/C12H17N3O/c1-12(2,3)14-8-9-7-13-11(15-9)10-5-4-6-16-10/h4-7,14H,8H2,1-3H3,(H,13,15). The van der Waals surface area contributed by atoms with Crippen molar-refractivity contribution in [2.45, 2.75) is 32.9 Å². The summed E-state index contributed by atoms with van der Waals surface area (Å²) in [5, 5.41) is 3.39. The van der Waals surface area contributed by atoms with Gasteiger partial charge in [-0.3, -0.25) is 0 Å². The van der Waals surface area contributed by atoms with Crippen LogP contribution in [0.25, 0.3) is 11.6 Å². The van der Waals surface area contributed by atoms with Crippen molar-refractivity contribution in [1.82, 2.24) is 15.3 Å². The Bertz CT molecular complexity index is 437. The lowest BCUT2D eigenvalue weighted by molar-refractivity contribution is 0.421. The van der Waals surface area contributed by atoms with Gasteiger partial charge in [-0.15, -0.1) is 0 Å². The Morgan fingerprint density at radius 3 is 2.88 bits per heavy atom. The zero-order chi connectivity index (χ0) is 11.6. The first-order valence-electron chi connectivity index (χ1n) is 5.37. The van der Waals surface area contributed by atoms with Crippen molar-refractivity contribution >= 4 is 0 Å². The highest BCUT2D eigenvalue weighted by Crippen LogP contribution is 2.15. The molecule has 0 fully saturated rings. The fourth-order valence-electron chi connectivity index (χ4n) is 1.35. The van der Waals surface area contributed by atoms with Crippen LogP contribution in [0.2, 0.25) is 0 Å². The fraction of sp³-hybridized carbons (Fsp3) is 0.417. The van der Waals surface area contributed by atoms with Gasteiger partial charge in [-0.1, -0.05) is 0 Å². The van der Waals surface area contributed by atoms with Gasteiger partial charge in [0.1, 0.15) is 0 Å². The van der Waals surface area contributed by atoms with Gasteiger partial charge in [0.25, 0.3) is 0 Å². The molecule has 0 unspecified atom stereocenters. The van der Waals surface area contributed by atoms with E-state index in [0.29, 0.717) is 0 Å². The van der Waals surface area contributed by atoms with E-state index >= 15 is 0 Å². The zero-order valence-corrected chi connectivity index (χ0v) is 9.87. The van der Waals surface area contributed by atoms with Crippen LogP contribution < -0.4 is 5.32 Å². The minimum absolute atomic E-state index is 0.107. The summed E-state index contributed by atoms with van der Waals surface area (Å²) in [4.78, 5) is 7.49. The summed E-state index contributed by atoms with van der Waals surface area (Å²) < 4.78 is 5.26. The number of aromatic nitrogens is 2. The largest absolute Gasteiger partial charge is 0.461 e. The molecule has 0 aliphatic heterocycles. The number of hydrogen-bond acceptors (Lipinski definition) is 3. The first-order chi connectivity index (χ1) is 7.54. The lowest BCUT2D eigenvalue weighted by atomic mass is 10.1. The second kappa shape index (κ2) is 4.14. The van der Waals surface area contributed by atoms with Gasteiger partial charge in [0.2, 0.25) is 0 Å². The maximum absolute atomic E-state index is 5.26. The molecule has 0 saturated carbocycles. The molecular weight excluding hydrogens is 202 g/mol. The molecule has 2 aromatic rings. The number of H-pyrrole nitrogens is 1. The predicted octanol–water partition coefficient (Wildman–Crippen LogP) is 2.56. The molecule has 4 nitrogen and oxygen atoms in total. The van der Waals surface area contributed by atoms with E-state index in [0.717, 1.165) is 23.8 Å². The summed E-state index contributed by atoms with van der Waals surface area (Å²) in [5.41, 5.74) is 1.16. The van der Waals surface area contributed by atoms with Crippen LogP contribution in [-0.4, -0.2) is 15.5 Å². The average Bonchev–Trinajstić information content (AvgIpc) is 2.84. The van der Waals surface area contributed by atoms with Crippen molar-refractivity contribution in [2.24, 2.45) is 0 Å². The van der Waals surface area contributed by atoms with Crippen molar-refractivity contribution in [3.63, 3.8) is 0 Å². The van der Waals surface area contributed by atoms with Gasteiger partial charge in [-0.25, -0.2) is 4.98 Å². The van der Waals surface area contributed by atoms with Crippen molar-refractivity contribution in [2.75, 3.05) is 0 Å². The average molecular weight is 219 g/mol. The summed E-state index contributed by atoms with van der Waals surface area (Å²) in [6.07, 6.45) is 3.47. The molecular formula is C12H17N3O. The van der Waals surface area contributed by atoms with Crippen LogP contribution in [0.3, 0.4) is 0 Å². The minimum atomic E-state index is 0.107. The molecule has 16 heavy (non-hydrogen) atoms. The molecule has 2 heterocycles. The van der Waals surface area contributed by atoms with E-state index in [4.69, 9.17) is 4.42 Å². The van der Waals surface area contributed by atoms with Gasteiger partial charge in [0.05, 0.1) is 12.5 Å². The topological polar surface area (TPSA) is 53.9 Å². The number of furan rings is 1. The zero-order valence-electron chi connectivity index (χ0n) is 9.87. The second-order valence-corrected chi connectivity index (χ2v) is 4.84. The van der Waals surface area contributed by atoms with E-state index < -0.39 is 0 Å². The second-order valence-electron chi connectivity index (χ2n) is 4.84. The molecule has 0 amide bonds. The monoisotopic (exact) mass is 219 g/mol. The number of nitrogens with one attached hydrogen (secondary N) is 2. The first-order valence-corrected chi connectivity index (χ1v) is 5.37. The number of aromatic amines is 1. The van der Waals surface area contributed by atoms with Gasteiger partial charge < -0.3 is 14.7 Å². The Hall–Kier alpha value is -1.55. The highest BCUT2D eigenvalue weighted by atomic mass is 16.3. The number of hydrogen-bond donors (Lipinski definition) is 2. The van der Waals surface area contributed by atoms with Crippen LogP contribution in [0, 0.1) is 0 Å². The molecule has 0 aliphatic carbocycles. The minimum Gasteiger partial charge on any atom is -0.461 e. The molecule has 0 bridgehead atoms. The van der Waals surface area contributed by atoms with Crippen molar-refractivity contribution in [3.8, 4) is 11.6 Å². The van der Waals surface area contributed by atoms with Crippen LogP contribution in [-0.2, 0) is 6.54 Å². The Balaban J connectivity index is 2.03. The van der Waals surface area contributed by atoms with E-state index in [1.807, 2.05) is 18.3 Å². The van der Waals surface area contributed by atoms with Crippen LogP contribution in [0.4, 0.5) is 0 Å². The van der Waals surface area contributed by atoms with E-state index in [9.17, 15) is 0 Å². The first kappa shape index (κ1) is 11.0.